The Morgan fingerprint density at radius 2 is 2.11 bits per heavy atom. The van der Waals surface area contributed by atoms with E-state index >= 15 is 0 Å². The minimum atomic E-state index is -0.586. The lowest BCUT2D eigenvalue weighted by Crippen LogP contribution is -2.52. The number of nitrogens with two attached hydrogens (primary N) is 1. The van der Waals surface area contributed by atoms with E-state index in [2.05, 4.69) is 10.6 Å². The van der Waals surface area contributed by atoms with E-state index in [9.17, 15) is 14.4 Å². The highest BCUT2D eigenvalue weighted by molar-refractivity contribution is 6.05. The molecule has 144 valence electrons. The van der Waals surface area contributed by atoms with E-state index in [0.29, 0.717) is 44.2 Å². The lowest BCUT2D eigenvalue weighted by atomic mass is 10.0. The van der Waals surface area contributed by atoms with Gasteiger partial charge in [-0.15, -0.1) is 0 Å². The fourth-order valence-electron chi connectivity index (χ4n) is 4.03. The van der Waals surface area contributed by atoms with E-state index in [1.165, 1.54) is 0 Å². The molecule has 3 aliphatic rings. The number of carbonyl (C=O) groups is 3. The number of rotatable bonds is 5. The minimum absolute atomic E-state index is 0.0589. The van der Waals surface area contributed by atoms with Crippen LogP contribution in [0, 0.1) is 5.92 Å². The fraction of sp³-hybridized carbons (Fsp3) is 0.526. The van der Waals surface area contributed by atoms with Gasteiger partial charge < -0.3 is 20.7 Å². The number of nitrogens with zero attached hydrogens (tertiary/aromatic N) is 1. The van der Waals surface area contributed by atoms with Crippen molar-refractivity contribution in [3.63, 3.8) is 0 Å². The Kier molecular flexibility index (Phi) is 4.94. The molecule has 2 fully saturated rings. The van der Waals surface area contributed by atoms with Crippen molar-refractivity contribution >= 4 is 17.7 Å². The molecule has 1 aromatic carbocycles. The third-order valence-corrected chi connectivity index (χ3v) is 5.65. The molecule has 3 amide bonds. The van der Waals surface area contributed by atoms with Gasteiger partial charge in [-0.25, -0.2) is 0 Å². The summed E-state index contributed by atoms with van der Waals surface area (Å²) in [6.45, 7) is 3.05. The standard InChI is InChI=1S/C19H24N4O4/c20-15-10-27-9-12(15)7-21-6-11-2-1-3-13-14(11)8-23(19(13)26)16-4-5-17(24)22-18(16)25/h1-3,12,15-16,21H,4-10,20H2,(H,22,24,25)/t12-,15+,16?/m0/s1. The van der Waals surface area contributed by atoms with Crippen molar-refractivity contribution in [1.29, 1.82) is 0 Å². The molecule has 2 saturated heterocycles. The zero-order valence-corrected chi connectivity index (χ0v) is 15.1. The molecule has 0 bridgehead atoms. The molecule has 1 aromatic rings. The third-order valence-electron chi connectivity index (χ3n) is 5.65. The average Bonchev–Trinajstić information content (AvgIpc) is 3.20. The molecule has 27 heavy (non-hydrogen) atoms. The van der Waals surface area contributed by atoms with Gasteiger partial charge in [-0.3, -0.25) is 19.7 Å². The maximum absolute atomic E-state index is 12.8. The first kappa shape index (κ1) is 18.1. The first-order valence-electron chi connectivity index (χ1n) is 9.34. The largest absolute Gasteiger partial charge is 0.379 e. The van der Waals surface area contributed by atoms with Gasteiger partial charge in [0.2, 0.25) is 11.8 Å². The maximum atomic E-state index is 12.8. The van der Waals surface area contributed by atoms with Crippen molar-refractivity contribution in [1.82, 2.24) is 15.5 Å². The number of hydrogen-bond acceptors (Lipinski definition) is 6. The molecule has 3 heterocycles. The Morgan fingerprint density at radius 1 is 1.26 bits per heavy atom. The number of benzene rings is 1. The second-order valence-electron chi connectivity index (χ2n) is 7.44. The lowest BCUT2D eigenvalue weighted by Gasteiger charge is -2.29. The second-order valence-corrected chi connectivity index (χ2v) is 7.44. The summed E-state index contributed by atoms with van der Waals surface area (Å²) in [4.78, 5) is 37.9. The highest BCUT2D eigenvalue weighted by Crippen LogP contribution is 2.29. The van der Waals surface area contributed by atoms with E-state index in [-0.39, 0.29) is 30.2 Å². The summed E-state index contributed by atoms with van der Waals surface area (Å²) < 4.78 is 5.38. The molecule has 1 unspecified atom stereocenters. The highest BCUT2D eigenvalue weighted by atomic mass is 16.5. The van der Waals surface area contributed by atoms with E-state index in [0.717, 1.165) is 17.7 Å². The van der Waals surface area contributed by atoms with Gasteiger partial charge in [0.25, 0.3) is 5.91 Å². The Bertz CT molecular complexity index is 781. The summed E-state index contributed by atoms with van der Waals surface area (Å²) in [5.41, 5.74) is 8.65. The van der Waals surface area contributed by atoms with Gasteiger partial charge in [-0.1, -0.05) is 12.1 Å². The van der Waals surface area contributed by atoms with E-state index in [4.69, 9.17) is 10.5 Å². The first-order chi connectivity index (χ1) is 13.0. The topological polar surface area (TPSA) is 114 Å². The van der Waals surface area contributed by atoms with Crippen molar-refractivity contribution in [2.75, 3.05) is 19.8 Å². The second kappa shape index (κ2) is 7.38. The first-order valence-corrected chi connectivity index (χ1v) is 9.34. The molecule has 0 saturated carbocycles. The average molecular weight is 372 g/mol. The van der Waals surface area contributed by atoms with Gasteiger partial charge >= 0.3 is 0 Å². The Hall–Kier alpha value is -2.29. The van der Waals surface area contributed by atoms with E-state index in [1.54, 1.807) is 11.0 Å². The summed E-state index contributed by atoms with van der Waals surface area (Å²) in [6, 6.07) is 5.14. The van der Waals surface area contributed by atoms with Crippen LogP contribution in [-0.2, 0) is 27.4 Å². The predicted molar refractivity (Wildman–Crippen MR) is 96.5 cm³/mol. The van der Waals surface area contributed by atoms with Crippen molar-refractivity contribution in [3.8, 4) is 0 Å². The van der Waals surface area contributed by atoms with Crippen molar-refractivity contribution < 1.29 is 19.1 Å². The number of amides is 3. The Labute approximate surface area is 157 Å². The van der Waals surface area contributed by atoms with Crippen LogP contribution in [-0.4, -0.2) is 54.5 Å². The third kappa shape index (κ3) is 3.47. The molecule has 3 aliphatic heterocycles. The van der Waals surface area contributed by atoms with Crippen LogP contribution in [0.4, 0.5) is 0 Å². The maximum Gasteiger partial charge on any atom is 0.255 e. The number of ether oxygens (including phenoxy) is 1. The molecular weight excluding hydrogens is 348 g/mol. The number of nitrogens with one attached hydrogen (secondary N) is 2. The Morgan fingerprint density at radius 3 is 2.85 bits per heavy atom. The van der Waals surface area contributed by atoms with Crippen molar-refractivity contribution in [2.24, 2.45) is 11.7 Å². The minimum Gasteiger partial charge on any atom is -0.379 e. The van der Waals surface area contributed by atoms with Crippen LogP contribution >= 0.6 is 0 Å². The smallest absolute Gasteiger partial charge is 0.255 e. The number of imide groups is 1. The van der Waals surface area contributed by atoms with Gasteiger partial charge in [0.1, 0.15) is 6.04 Å². The van der Waals surface area contributed by atoms with Crippen LogP contribution in [0.2, 0.25) is 0 Å². The van der Waals surface area contributed by atoms with Crippen LogP contribution in [0.1, 0.15) is 34.3 Å². The molecule has 0 aliphatic carbocycles. The monoisotopic (exact) mass is 372 g/mol. The SMILES string of the molecule is N[C@@H]1COC[C@@H]1CNCc1cccc2c1CN(C1CCC(=O)NC1=O)C2=O. The number of hydrogen-bond donors (Lipinski definition) is 3. The summed E-state index contributed by atoms with van der Waals surface area (Å²) in [7, 11) is 0. The number of fused-ring (bicyclic) bond motifs is 1. The lowest BCUT2D eigenvalue weighted by molar-refractivity contribution is -0.136. The zero-order chi connectivity index (χ0) is 19.0. The summed E-state index contributed by atoms with van der Waals surface area (Å²) in [5, 5.41) is 5.74. The van der Waals surface area contributed by atoms with Gasteiger partial charge in [-0.05, 0) is 23.6 Å². The van der Waals surface area contributed by atoms with Gasteiger partial charge in [0, 0.05) is 43.6 Å². The van der Waals surface area contributed by atoms with Gasteiger partial charge in [-0.2, -0.15) is 0 Å². The molecule has 0 spiro atoms. The van der Waals surface area contributed by atoms with Crippen LogP contribution in [0.3, 0.4) is 0 Å². The molecule has 4 N–H and O–H groups in total. The molecule has 0 radical (unpaired) electrons. The van der Waals surface area contributed by atoms with Crippen molar-refractivity contribution in [2.45, 2.75) is 38.0 Å². The molecule has 4 rings (SSSR count). The number of piperidine rings is 1. The predicted octanol–water partition coefficient (Wildman–Crippen LogP) is -0.489. The van der Waals surface area contributed by atoms with Crippen LogP contribution in [0.25, 0.3) is 0 Å². The van der Waals surface area contributed by atoms with Crippen LogP contribution in [0.15, 0.2) is 18.2 Å². The molecule has 0 aromatic heterocycles. The van der Waals surface area contributed by atoms with Gasteiger partial charge in [0.05, 0.1) is 13.2 Å². The summed E-state index contributed by atoms with van der Waals surface area (Å²) >= 11 is 0. The molecule has 8 nitrogen and oxygen atoms in total. The van der Waals surface area contributed by atoms with E-state index < -0.39 is 6.04 Å². The molecular formula is C19H24N4O4. The van der Waals surface area contributed by atoms with Gasteiger partial charge in [0.15, 0.2) is 0 Å². The quantitative estimate of drug-likeness (QED) is 0.601. The Balaban J connectivity index is 1.44. The fourth-order valence-corrected chi connectivity index (χ4v) is 4.03. The van der Waals surface area contributed by atoms with E-state index in [1.807, 2.05) is 12.1 Å². The molecule has 8 heteroatoms. The summed E-state index contributed by atoms with van der Waals surface area (Å²) in [5.74, 6) is -0.516. The van der Waals surface area contributed by atoms with Crippen LogP contribution < -0.4 is 16.4 Å². The number of carbonyl (C=O) groups excluding carboxylic acids is 3. The summed E-state index contributed by atoms with van der Waals surface area (Å²) in [6.07, 6.45) is 0.631. The highest BCUT2D eigenvalue weighted by Gasteiger charge is 2.39. The molecule has 3 atom stereocenters. The van der Waals surface area contributed by atoms with Crippen LogP contribution in [0.5, 0.6) is 0 Å². The zero-order valence-electron chi connectivity index (χ0n) is 15.1. The normalized spacial score (nSPS) is 27.8. The van der Waals surface area contributed by atoms with Crippen molar-refractivity contribution in [3.05, 3.63) is 34.9 Å².